The second kappa shape index (κ2) is 7.07. The van der Waals surface area contributed by atoms with Gasteiger partial charge in [0.05, 0.1) is 16.9 Å². The first-order chi connectivity index (χ1) is 12.0. The summed E-state index contributed by atoms with van der Waals surface area (Å²) in [6, 6.07) is 13.7. The van der Waals surface area contributed by atoms with Crippen molar-refractivity contribution in [1.29, 1.82) is 0 Å². The first-order valence-corrected chi connectivity index (χ1v) is 8.19. The lowest BCUT2D eigenvalue weighted by atomic mass is 10.1. The fraction of sp³-hybridized carbons (Fsp3) is 0.158. The van der Waals surface area contributed by atoms with E-state index in [0.29, 0.717) is 5.02 Å². The molecule has 3 rings (SSSR count). The number of hydrogen-bond acceptors (Lipinski definition) is 2. The average molecular weight is 358 g/mol. The highest BCUT2D eigenvalue weighted by molar-refractivity contribution is 6.31. The number of amides is 1. The molecule has 0 aliphatic heterocycles. The Labute approximate surface area is 150 Å². The molecule has 0 saturated carbocycles. The zero-order valence-electron chi connectivity index (χ0n) is 13.9. The smallest absolute Gasteiger partial charge is 0.254 e. The van der Waals surface area contributed by atoms with Gasteiger partial charge in [0.25, 0.3) is 5.91 Å². The van der Waals surface area contributed by atoms with E-state index in [0.717, 1.165) is 22.6 Å². The zero-order chi connectivity index (χ0) is 18.0. The van der Waals surface area contributed by atoms with Gasteiger partial charge in [-0.05, 0) is 44.2 Å². The lowest BCUT2D eigenvalue weighted by molar-refractivity contribution is 0.0947. The SMILES string of the molecule is Cc1nn(-c2ccccc2)c(C)c1CNC(=O)c1cc(Cl)ccc1F. The van der Waals surface area contributed by atoms with Crippen molar-refractivity contribution in [3.8, 4) is 5.69 Å². The van der Waals surface area contributed by atoms with E-state index >= 15 is 0 Å². The van der Waals surface area contributed by atoms with Crippen LogP contribution in [0.2, 0.25) is 5.02 Å². The van der Waals surface area contributed by atoms with E-state index in [2.05, 4.69) is 10.4 Å². The van der Waals surface area contributed by atoms with Crippen LogP contribution in [0, 0.1) is 19.7 Å². The van der Waals surface area contributed by atoms with Crippen LogP contribution in [0.5, 0.6) is 0 Å². The minimum absolute atomic E-state index is 0.0711. The summed E-state index contributed by atoms with van der Waals surface area (Å²) in [6.45, 7) is 4.08. The van der Waals surface area contributed by atoms with Crippen LogP contribution in [0.4, 0.5) is 4.39 Å². The fourth-order valence-electron chi connectivity index (χ4n) is 2.69. The molecule has 0 atom stereocenters. The molecule has 0 fully saturated rings. The lowest BCUT2D eigenvalue weighted by Crippen LogP contribution is -2.24. The normalized spacial score (nSPS) is 10.7. The van der Waals surface area contributed by atoms with Gasteiger partial charge in [-0.1, -0.05) is 29.8 Å². The van der Waals surface area contributed by atoms with Gasteiger partial charge in [0, 0.05) is 22.8 Å². The standard InChI is InChI=1S/C19H17ClFN3O/c1-12-17(13(2)24(23-12)15-6-4-3-5-7-15)11-22-19(25)16-10-14(20)8-9-18(16)21/h3-10H,11H2,1-2H3,(H,22,25). The molecule has 1 heterocycles. The number of rotatable bonds is 4. The van der Waals surface area contributed by atoms with E-state index in [1.54, 1.807) is 0 Å². The number of nitrogens with zero attached hydrogens (tertiary/aromatic N) is 2. The molecule has 1 aromatic heterocycles. The Balaban J connectivity index is 1.81. The number of aryl methyl sites for hydroxylation is 1. The van der Waals surface area contributed by atoms with E-state index in [1.165, 1.54) is 18.2 Å². The molecule has 1 amide bonds. The van der Waals surface area contributed by atoms with Crippen LogP contribution in [0.1, 0.15) is 27.3 Å². The molecule has 0 bridgehead atoms. The van der Waals surface area contributed by atoms with Crippen molar-refractivity contribution in [3.63, 3.8) is 0 Å². The highest BCUT2D eigenvalue weighted by Crippen LogP contribution is 2.19. The number of carbonyl (C=O) groups is 1. The average Bonchev–Trinajstić information content (AvgIpc) is 2.90. The van der Waals surface area contributed by atoms with Gasteiger partial charge >= 0.3 is 0 Å². The van der Waals surface area contributed by atoms with Crippen molar-refractivity contribution in [3.05, 3.63) is 81.9 Å². The Morgan fingerprint density at radius 3 is 2.64 bits per heavy atom. The van der Waals surface area contributed by atoms with Crippen LogP contribution in [-0.4, -0.2) is 15.7 Å². The molecule has 0 spiro atoms. The summed E-state index contributed by atoms with van der Waals surface area (Å²) in [7, 11) is 0. The van der Waals surface area contributed by atoms with Crippen molar-refractivity contribution < 1.29 is 9.18 Å². The zero-order valence-corrected chi connectivity index (χ0v) is 14.6. The Bertz CT molecular complexity index is 922. The number of halogens is 2. The molecular weight excluding hydrogens is 341 g/mol. The van der Waals surface area contributed by atoms with Crippen molar-refractivity contribution in [2.45, 2.75) is 20.4 Å². The third-order valence-corrected chi connectivity index (χ3v) is 4.28. The summed E-state index contributed by atoms with van der Waals surface area (Å²) in [5.41, 5.74) is 3.52. The van der Waals surface area contributed by atoms with Gasteiger partial charge in [0.1, 0.15) is 5.82 Å². The van der Waals surface area contributed by atoms with Crippen LogP contribution in [0.25, 0.3) is 5.69 Å². The molecule has 0 radical (unpaired) electrons. The molecule has 0 unspecified atom stereocenters. The van der Waals surface area contributed by atoms with Crippen LogP contribution in [-0.2, 0) is 6.54 Å². The molecule has 0 saturated heterocycles. The topological polar surface area (TPSA) is 46.9 Å². The highest BCUT2D eigenvalue weighted by atomic mass is 35.5. The number of carbonyl (C=O) groups excluding carboxylic acids is 1. The van der Waals surface area contributed by atoms with Crippen molar-refractivity contribution >= 4 is 17.5 Å². The van der Waals surface area contributed by atoms with Gasteiger partial charge in [-0.2, -0.15) is 5.10 Å². The first-order valence-electron chi connectivity index (χ1n) is 7.81. The molecular formula is C19H17ClFN3O. The Hall–Kier alpha value is -2.66. The fourth-order valence-corrected chi connectivity index (χ4v) is 2.86. The van der Waals surface area contributed by atoms with Gasteiger partial charge in [-0.25, -0.2) is 9.07 Å². The van der Waals surface area contributed by atoms with Gasteiger partial charge < -0.3 is 5.32 Å². The summed E-state index contributed by atoms with van der Waals surface area (Å²) in [5.74, 6) is -1.11. The predicted molar refractivity (Wildman–Crippen MR) is 95.6 cm³/mol. The van der Waals surface area contributed by atoms with Crippen molar-refractivity contribution in [2.24, 2.45) is 0 Å². The maximum Gasteiger partial charge on any atom is 0.254 e. The quantitative estimate of drug-likeness (QED) is 0.760. The Morgan fingerprint density at radius 1 is 1.20 bits per heavy atom. The summed E-state index contributed by atoms with van der Waals surface area (Å²) < 4.78 is 15.6. The molecule has 1 N–H and O–H groups in total. The van der Waals surface area contributed by atoms with E-state index in [1.807, 2.05) is 48.9 Å². The van der Waals surface area contributed by atoms with Crippen molar-refractivity contribution in [1.82, 2.24) is 15.1 Å². The molecule has 2 aromatic carbocycles. The lowest BCUT2D eigenvalue weighted by Gasteiger charge is -2.08. The van der Waals surface area contributed by atoms with Gasteiger partial charge in [0.2, 0.25) is 0 Å². The van der Waals surface area contributed by atoms with Crippen LogP contribution in [0.15, 0.2) is 48.5 Å². The van der Waals surface area contributed by atoms with E-state index < -0.39 is 11.7 Å². The molecule has 0 aliphatic carbocycles. The number of hydrogen-bond donors (Lipinski definition) is 1. The molecule has 4 nitrogen and oxygen atoms in total. The number of nitrogens with one attached hydrogen (secondary N) is 1. The molecule has 0 aliphatic rings. The van der Waals surface area contributed by atoms with Gasteiger partial charge in [-0.15, -0.1) is 0 Å². The summed E-state index contributed by atoms with van der Waals surface area (Å²) >= 11 is 5.84. The van der Waals surface area contributed by atoms with Crippen LogP contribution < -0.4 is 5.32 Å². The predicted octanol–water partition coefficient (Wildman–Crippen LogP) is 4.21. The van der Waals surface area contributed by atoms with Crippen LogP contribution >= 0.6 is 11.6 Å². The molecule has 6 heteroatoms. The summed E-state index contributed by atoms with van der Waals surface area (Å²) in [6.07, 6.45) is 0. The molecule has 3 aromatic rings. The molecule has 128 valence electrons. The van der Waals surface area contributed by atoms with E-state index in [4.69, 9.17) is 11.6 Å². The maximum atomic E-state index is 13.8. The number of aromatic nitrogens is 2. The number of para-hydroxylation sites is 1. The second-order valence-electron chi connectivity index (χ2n) is 5.70. The Morgan fingerprint density at radius 2 is 1.92 bits per heavy atom. The minimum atomic E-state index is -0.602. The van der Waals surface area contributed by atoms with Crippen LogP contribution in [0.3, 0.4) is 0 Å². The van der Waals surface area contributed by atoms with Gasteiger partial charge in [-0.3, -0.25) is 4.79 Å². The molecule has 25 heavy (non-hydrogen) atoms. The highest BCUT2D eigenvalue weighted by Gasteiger charge is 2.16. The monoisotopic (exact) mass is 357 g/mol. The van der Waals surface area contributed by atoms with Gasteiger partial charge in [0.15, 0.2) is 0 Å². The first kappa shape index (κ1) is 17.2. The van der Waals surface area contributed by atoms with E-state index in [9.17, 15) is 9.18 Å². The van der Waals surface area contributed by atoms with Crippen molar-refractivity contribution in [2.75, 3.05) is 0 Å². The second-order valence-corrected chi connectivity index (χ2v) is 6.14. The third kappa shape index (κ3) is 3.56. The Kier molecular flexibility index (Phi) is 4.86. The van der Waals surface area contributed by atoms with E-state index in [-0.39, 0.29) is 12.1 Å². The minimum Gasteiger partial charge on any atom is -0.348 e. The maximum absolute atomic E-state index is 13.8. The summed E-state index contributed by atoms with van der Waals surface area (Å²) in [4.78, 5) is 12.3. The summed E-state index contributed by atoms with van der Waals surface area (Å²) in [5, 5.41) is 7.59. The largest absolute Gasteiger partial charge is 0.348 e. The number of benzene rings is 2. The third-order valence-electron chi connectivity index (χ3n) is 4.04.